The molecule has 0 radical (unpaired) electrons. The molecule has 3 heterocycles. The fourth-order valence-corrected chi connectivity index (χ4v) is 4.98. The topological polar surface area (TPSA) is 67.5 Å². The van der Waals surface area contributed by atoms with Crippen molar-refractivity contribution < 1.29 is 14.3 Å². The van der Waals surface area contributed by atoms with Crippen LogP contribution in [0.4, 0.5) is 0 Å². The zero-order valence-electron chi connectivity index (χ0n) is 18.8. The maximum atomic E-state index is 13.5. The van der Waals surface area contributed by atoms with Crippen LogP contribution in [0, 0.1) is 6.92 Å². The van der Waals surface area contributed by atoms with Gasteiger partial charge in [0, 0.05) is 11.2 Å². The lowest BCUT2D eigenvalue weighted by Crippen LogP contribution is -2.49. The predicted molar refractivity (Wildman–Crippen MR) is 128 cm³/mol. The van der Waals surface area contributed by atoms with Crippen LogP contribution in [0.2, 0.25) is 5.02 Å². The molecule has 0 saturated carbocycles. The second-order valence-corrected chi connectivity index (χ2v) is 9.04. The van der Waals surface area contributed by atoms with Crippen LogP contribution < -0.4 is 4.74 Å². The molecule has 1 amide bonds. The third-order valence-corrected chi connectivity index (χ3v) is 6.72. The Kier molecular flexibility index (Phi) is 5.62. The van der Waals surface area contributed by atoms with E-state index in [2.05, 4.69) is 9.97 Å². The highest BCUT2D eigenvalue weighted by molar-refractivity contribution is 6.30. The molecule has 0 spiro atoms. The van der Waals surface area contributed by atoms with E-state index in [4.69, 9.17) is 21.1 Å². The molecule has 170 valence electrons. The minimum Gasteiger partial charge on any atom is -0.496 e. The van der Waals surface area contributed by atoms with Gasteiger partial charge in [-0.3, -0.25) is 4.79 Å². The molecule has 0 unspecified atom stereocenters. The number of H-pyrrole nitrogens is 1. The van der Waals surface area contributed by atoms with Gasteiger partial charge in [0.25, 0.3) is 5.91 Å². The number of nitrogens with zero attached hydrogens (tertiary/aromatic N) is 2. The number of methoxy groups -OCH3 is 1. The molecule has 33 heavy (non-hydrogen) atoms. The molecule has 2 saturated heterocycles. The van der Waals surface area contributed by atoms with Gasteiger partial charge in [0.15, 0.2) is 5.76 Å². The number of hydrogen-bond donors (Lipinski definition) is 1. The number of imidazole rings is 1. The average Bonchev–Trinajstić information content (AvgIpc) is 3.45. The Bertz CT molecular complexity index is 1220. The zero-order chi connectivity index (χ0) is 23.1. The SMILES string of the molecule is COc1cc(/C=C2\O[C@@H](C)[C@H]3CC[C@@H](c4ccc(Cl)cc4)N3C2=O)ccc1-c1nc(C)c[nH]1. The number of aromatic nitrogens is 2. The van der Waals surface area contributed by atoms with Crippen molar-refractivity contribution in [1.82, 2.24) is 14.9 Å². The first kappa shape index (κ1) is 21.6. The number of aryl methyl sites for hydroxylation is 1. The summed E-state index contributed by atoms with van der Waals surface area (Å²) in [5.74, 6) is 1.68. The number of nitrogens with one attached hydrogen (secondary N) is 1. The van der Waals surface area contributed by atoms with Crippen LogP contribution in [0.1, 0.15) is 42.6 Å². The molecule has 0 aliphatic carbocycles. The van der Waals surface area contributed by atoms with Crippen LogP contribution >= 0.6 is 11.6 Å². The normalized spacial score (nSPS) is 23.5. The van der Waals surface area contributed by atoms with Gasteiger partial charge in [-0.15, -0.1) is 0 Å². The zero-order valence-corrected chi connectivity index (χ0v) is 19.6. The quantitative estimate of drug-likeness (QED) is 0.516. The van der Waals surface area contributed by atoms with E-state index < -0.39 is 0 Å². The summed E-state index contributed by atoms with van der Waals surface area (Å²) in [4.78, 5) is 23.1. The number of amides is 1. The molecule has 3 atom stereocenters. The van der Waals surface area contributed by atoms with E-state index in [0.717, 1.165) is 41.1 Å². The average molecular weight is 464 g/mol. The van der Waals surface area contributed by atoms with E-state index in [1.165, 1.54) is 0 Å². The van der Waals surface area contributed by atoms with Crippen molar-refractivity contribution in [2.75, 3.05) is 7.11 Å². The largest absolute Gasteiger partial charge is 0.496 e. The summed E-state index contributed by atoms with van der Waals surface area (Å²) in [6, 6.07) is 13.6. The number of rotatable bonds is 4. The number of ether oxygens (including phenoxy) is 2. The predicted octanol–water partition coefficient (Wildman–Crippen LogP) is 5.54. The minimum atomic E-state index is -0.0847. The van der Waals surface area contributed by atoms with Gasteiger partial charge in [-0.1, -0.05) is 29.8 Å². The van der Waals surface area contributed by atoms with Crippen LogP contribution in [-0.2, 0) is 9.53 Å². The number of carbonyl (C=O) groups is 1. The summed E-state index contributed by atoms with van der Waals surface area (Å²) in [7, 11) is 1.63. The maximum absolute atomic E-state index is 13.5. The third kappa shape index (κ3) is 4.00. The Labute approximate surface area is 198 Å². The number of morpholine rings is 1. The number of aromatic amines is 1. The summed E-state index contributed by atoms with van der Waals surface area (Å²) in [6.07, 6.45) is 5.39. The van der Waals surface area contributed by atoms with Crippen LogP contribution in [-0.4, -0.2) is 40.0 Å². The molecular formula is C26H26ClN3O3. The van der Waals surface area contributed by atoms with Gasteiger partial charge in [-0.2, -0.15) is 0 Å². The van der Waals surface area contributed by atoms with Crippen molar-refractivity contribution >= 4 is 23.6 Å². The summed E-state index contributed by atoms with van der Waals surface area (Å²) in [5.41, 5.74) is 3.70. The molecule has 3 aromatic rings. The summed E-state index contributed by atoms with van der Waals surface area (Å²) >= 11 is 6.07. The molecule has 2 aliphatic rings. The first-order valence-electron chi connectivity index (χ1n) is 11.1. The summed E-state index contributed by atoms with van der Waals surface area (Å²) in [6.45, 7) is 3.96. The third-order valence-electron chi connectivity index (χ3n) is 6.47. The second-order valence-electron chi connectivity index (χ2n) is 8.61. The number of halogens is 1. The number of hydrogen-bond acceptors (Lipinski definition) is 4. The van der Waals surface area contributed by atoms with E-state index in [-0.39, 0.29) is 24.1 Å². The van der Waals surface area contributed by atoms with Gasteiger partial charge in [-0.25, -0.2) is 4.98 Å². The first-order valence-corrected chi connectivity index (χ1v) is 11.5. The summed E-state index contributed by atoms with van der Waals surface area (Å²) in [5, 5.41) is 0.692. The second kappa shape index (κ2) is 8.60. The molecule has 2 aromatic carbocycles. The maximum Gasteiger partial charge on any atom is 0.289 e. The van der Waals surface area contributed by atoms with Crippen molar-refractivity contribution in [2.24, 2.45) is 0 Å². The van der Waals surface area contributed by atoms with Crippen LogP contribution in [0.5, 0.6) is 5.75 Å². The van der Waals surface area contributed by atoms with E-state index >= 15 is 0 Å². The van der Waals surface area contributed by atoms with E-state index in [1.807, 2.05) is 67.4 Å². The standard InChI is InChI=1S/C26H26ClN3O3/c1-15-14-28-25(29-15)20-9-4-17(12-23(20)32-3)13-24-26(31)30-21(16(2)33-24)10-11-22(30)18-5-7-19(27)8-6-18/h4-9,12-14,16,21-22H,10-11H2,1-3H3,(H,28,29)/b24-13-/t16-,21+,22-/m0/s1. The van der Waals surface area contributed by atoms with Crippen molar-refractivity contribution in [3.8, 4) is 17.1 Å². The number of benzene rings is 2. The highest BCUT2D eigenvalue weighted by Gasteiger charge is 2.46. The fraction of sp³-hybridized carbons (Fsp3) is 0.308. The smallest absolute Gasteiger partial charge is 0.289 e. The molecular weight excluding hydrogens is 438 g/mol. The van der Waals surface area contributed by atoms with Gasteiger partial charge in [0.1, 0.15) is 17.7 Å². The van der Waals surface area contributed by atoms with Crippen molar-refractivity contribution in [3.63, 3.8) is 0 Å². The van der Waals surface area contributed by atoms with Crippen LogP contribution in [0.15, 0.2) is 54.4 Å². The molecule has 1 aromatic heterocycles. The highest BCUT2D eigenvalue weighted by Crippen LogP contribution is 2.42. The lowest BCUT2D eigenvalue weighted by Gasteiger charge is -2.39. The monoisotopic (exact) mass is 463 g/mol. The van der Waals surface area contributed by atoms with Crippen LogP contribution in [0.3, 0.4) is 0 Å². The molecule has 6 nitrogen and oxygen atoms in total. The first-order chi connectivity index (χ1) is 15.9. The van der Waals surface area contributed by atoms with Crippen molar-refractivity contribution in [3.05, 3.63) is 76.3 Å². The Morgan fingerprint density at radius 3 is 2.70 bits per heavy atom. The highest BCUT2D eigenvalue weighted by atomic mass is 35.5. The molecule has 5 rings (SSSR count). The fourth-order valence-electron chi connectivity index (χ4n) is 4.85. The number of fused-ring (bicyclic) bond motifs is 1. The Hall–Kier alpha value is -3.25. The Morgan fingerprint density at radius 1 is 1.21 bits per heavy atom. The van der Waals surface area contributed by atoms with Gasteiger partial charge in [-0.05, 0) is 68.2 Å². The van der Waals surface area contributed by atoms with E-state index in [9.17, 15) is 4.79 Å². The van der Waals surface area contributed by atoms with Gasteiger partial charge >= 0.3 is 0 Å². The van der Waals surface area contributed by atoms with Gasteiger partial charge in [0.05, 0.1) is 30.5 Å². The van der Waals surface area contributed by atoms with Crippen LogP contribution in [0.25, 0.3) is 17.5 Å². The molecule has 0 bridgehead atoms. The van der Waals surface area contributed by atoms with Crippen molar-refractivity contribution in [1.29, 1.82) is 0 Å². The van der Waals surface area contributed by atoms with Crippen molar-refractivity contribution in [2.45, 2.75) is 44.9 Å². The number of carbonyl (C=O) groups excluding carboxylic acids is 1. The van der Waals surface area contributed by atoms with Gasteiger partial charge < -0.3 is 19.4 Å². The van der Waals surface area contributed by atoms with Gasteiger partial charge in [0.2, 0.25) is 0 Å². The summed E-state index contributed by atoms with van der Waals surface area (Å²) < 4.78 is 11.7. The van der Waals surface area contributed by atoms with E-state index in [1.54, 1.807) is 13.2 Å². The molecule has 1 N–H and O–H groups in total. The minimum absolute atomic E-state index is 0.0219. The molecule has 2 aliphatic heterocycles. The lowest BCUT2D eigenvalue weighted by atomic mass is 10.0. The Balaban J connectivity index is 1.46. The Morgan fingerprint density at radius 2 is 2.00 bits per heavy atom. The molecule has 2 fully saturated rings. The molecule has 7 heteroatoms. The van der Waals surface area contributed by atoms with E-state index in [0.29, 0.717) is 16.5 Å². The lowest BCUT2D eigenvalue weighted by molar-refractivity contribution is -0.144.